The molecule has 4 rings (SSSR count). The molecule has 3 aromatic rings. The zero-order valence-electron chi connectivity index (χ0n) is 21.6. The fraction of sp³-hybridized carbons (Fsp3) is 0.310. The van der Waals surface area contributed by atoms with E-state index in [1.165, 1.54) is 4.31 Å². The summed E-state index contributed by atoms with van der Waals surface area (Å²) in [7, 11) is -3.90. The smallest absolute Gasteiger partial charge is 0.322 e. The van der Waals surface area contributed by atoms with E-state index in [1.54, 1.807) is 20.8 Å². The first kappa shape index (κ1) is 27.3. The molecule has 2 N–H and O–H groups in total. The third-order valence-corrected chi connectivity index (χ3v) is 8.23. The summed E-state index contributed by atoms with van der Waals surface area (Å²) < 4.78 is 29.0. The van der Waals surface area contributed by atoms with Gasteiger partial charge >= 0.3 is 5.97 Å². The van der Waals surface area contributed by atoms with Gasteiger partial charge in [-0.05, 0) is 60.0 Å². The number of anilines is 1. The molecule has 8 nitrogen and oxygen atoms in total. The number of fused-ring (bicyclic) bond motifs is 1. The molecule has 1 atom stereocenters. The Morgan fingerprint density at radius 1 is 0.921 bits per heavy atom. The van der Waals surface area contributed by atoms with Gasteiger partial charge in [-0.1, -0.05) is 50.0 Å². The van der Waals surface area contributed by atoms with E-state index in [9.17, 15) is 23.1 Å². The quantitative estimate of drug-likeness (QED) is 0.356. The molecule has 0 aromatic heterocycles. The molecule has 0 bridgehead atoms. The second kappa shape index (κ2) is 11.4. The summed E-state index contributed by atoms with van der Waals surface area (Å²) >= 11 is 0. The molecule has 1 aliphatic heterocycles. The molecule has 3 aromatic carbocycles. The van der Waals surface area contributed by atoms with Crippen LogP contribution in [0.15, 0.2) is 60.7 Å². The number of rotatable bonds is 7. The zero-order valence-corrected chi connectivity index (χ0v) is 22.5. The van der Waals surface area contributed by atoms with Crippen molar-refractivity contribution in [1.29, 1.82) is 0 Å². The molecule has 9 heteroatoms. The van der Waals surface area contributed by atoms with Crippen LogP contribution in [0.3, 0.4) is 0 Å². The highest BCUT2D eigenvalue weighted by atomic mass is 32.2. The van der Waals surface area contributed by atoms with E-state index >= 15 is 0 Å². The van der Waals surface area contributed by atoms with Crippen LogP contribution in [0.1, 0.15) is 42.3 Å². The van der Waals surface area contributed by atoms with Crippen molar-refractivity contribution in [3.63, 3.8) is 0 Å². The third-order valence-electron chi connectivity index (χ3n) is 6.63. The lowest BCUT2D eigenvalue weighted by Gasteiger charge is -2.36. The number of benzene rings is 3. The van der Waals surface area contributed by atoms with Crippen LogP contribution in [-0.2, 0) is 15.0 Å². The maximum atomic E-state index is 12.7. The van der Waals surface area contributed by atoms with Crippen LogP contribution >= 0.6 is 0 Å². The van der Waals surface area contributed by atoms with Crippen molar-refractivity contribution < 1.29 is 23.1 Å². The monoisotopic (exact) mass is 533 g/mol. The zero-order chi connectivity index (χ0) is 27.4. The predicted octanol–water partition coefficient (Wildman–Crippen LogP) is 3.51. The summed E-state index contributed by atoms with van der Waals surface area (Å²) in [5.41, 5.74) is 3.31. The molecule has 0 amide bonds. The van der Waals surface area contributed by atoms with E-state index in [4.69, 9.17) is 0 Å². The molecular weight excluding hydrogens is 502 g/mol. The number of aliphatic carboxylic acids is 1. The van der Waals surface area contributed by atoms with Gasteiger partial charge in [-0.3, -0.25) is 9.59 Å². The number of Topliss-reactive ketones (excluding diaryl/α,β-unsaturated/α-hetero) is 1. The van der Waals surface area contributed by atoms with Gasteiger partial charge in [-0.2, -0.15) is 17.4 Å². The predicted molar refractivity (Wildman–Crippen MR) is 148 cm³/mol. The van der Waals surface area contributed by atoms with Gasteiger partial charge in [0.25, 0.3) is 10.2 Å². The van der Waals surface area contributed by atoms with E-state index in [0.29, 0.717) is 18.7 Å². The highest BCUT2D eigenvalue weighted by molar-refractivity contribution is 7.87. The number of hydrogen-bond acceptors (Lipinski definition) is 5. The van der Waals surface area contributed by atoms with E-state index < -0.39 is 22.2 Å². The molecule has 0 unspecified atom stereocenters. The van der Waals surface area contributed by atoms with E-state index in [1.807, 2.05) is 60.7 Å². The van der Waals surface area contributed by atoms with E-state index in [2.05, 4.69) is 21.5 Å². The number of ketones is 1. The van der Waals surface area contributed by atoms with Gasteiger partial charge in [0.15, 0.2) is 5.78 Å². The number of hydrogen-bond donors (Lipinski definition) is 2. The molecule has 1 saturated heterocycles. The molecule has 1 heterocycles. The SMILES string of the molecule is CC(=O)c1cccc2ccc(C#Cc3ccc(N4CCN(S(=O)(=O)N[C@@H](C(=O)O)C(C)C)CC4)cc3)cc12. The van der Waals surface area contributed by atoms with Crippen molar-refractivity contribution in [3.8, 4) is 11.8 Å². The fourth-order valence-electron chi connectivity index (χ4n) is 4.45. The van der Waals surface area contributed by atoms with Crippen molar-refractivity contribution in [2.24, 2.45) is 5.92 Å². The fourth-order valence-corrected chi connectivity index (χ4v) is 5.94. The van der Waals surface area contributed by atoms with Crippen molar-refractivity contribution >= 4 is 38.4 Å². The van der Waals surface area contributed by atoms with Crippen molar-refractivity contribution in [1.82, 2.24) is 9.03 Å². The van der Waals surface area contributed by atoms with Crippen LogP contribution < -0.4 is 9.62 Å². The molecule has 0 spiro atoms. The minimum atomic E-state index is -3.90. The Bertz CT molecular complexity index is 1510. The van der Waals surface area contributed by atoms with Gasteiger partial charge in [0.2, 0.25) is 0 Å². The number of carbonyl (C=O) groups is 2. The maximum Gasteiger partial charge on any atom is 0.322 e. The molecule has 1 aliphatic rings. The Balaban J connectivity index is 1.40. The van der Waals surface area contributed by atoms with Crippen molar-refractivity contribution in [3.05, 3.63) is 77.4 Å². The second-order valence-corrected chi connectivity index (χ2v) is 11.4. The van der Waals surface area contributed by atoms with E-state index in [-0.39, 0.29) is 24.8 Å². The molecule has 0 radical (unpaired) electrons. The Kier molecular flexibility index (Phi) is 8.17. The molecule has 38 heavy (non-hydrogen) atoms. The van der Waals surface area contributed by atoms with Crippen LogP contribution in [0, 0.1) is 17.8 Å². The van der Waals surface area contributed by atoms with Crippen LogP contribution in [0.4, 0.5) is 5.69 Å². The Morgan fingerprint density at radius 2 is 1.55 bits per heavy atom. The first-order valence-electron chi connectivity index (χ1n) is 12.5. The topological polar surface area (TPSA) is 107 Å². The lowest BCUT2D eigenvalue weighted by Crippen LogP contribution is -2.55. The standard InChI is InChI=1S/C29H31N3O5S/c1-20(2)28(29(34)35)30-38(36,37)32-17-15-31(16-18-32)25-13-10-22(11-14-25)7-8-23-9-12-24-5-4-6-26(21(3)33)27(24)19-23/h4-6,9-14,19-20,28,30H,15-18H2,1-3H3,(H,34,35)/t28-/m1/s1. The normalized spacial score (nSPS) is 15.2. The lowest BCUT2D eigenvalue weighted by atomic mass is 10.00. The third kappa shape index (κ3) is 6.22. The highest BCUT2D eigenvalue weighted by Gasteiger charge is 2.32. The molecule has 198 valence electrons. The summed E-state index contributed by atoms with van der Waals surface area (Å²) in [6.07, 6.45) is 0. The van der Waals surface area contributed by atoms with Gasteiger partial charge in [-0.15, -0.1) is 0 Å². The van der Waals surface area contributed by atoms with Crippen LogP contribution in [0.2, 0.25) is 0 Å². The van der Waals surface area contributed by atoms with Crippen LogP contribution in [0.5, 0.6) is 0 Å². The number of carboxylic acids is 1. The van der Waals surface area contributed by atoms with Gasteiger partial charge in [0.1, 0.15) is 6.04 Å². The number of nitrogens with one attached hydrogen (secondary N) is 1. The average Bonchev–Trinajstić information content (AvgIpc) is 2.90. The van der Waals surface area contributed by atoms with Gasteiger partial charge in [-0.25, -0.2) is 0 Å². The first-order chi connectivity index (χ1) is 18.0. The van der Waals surface area contributed by atoms with Gasteiger partial charge in [0.05, 0.1) is 0 Å². The molecular formula is C29H31N3O5S. The summed E-state index contributed by atoms with van der Waals surface area (Å²) in [4.78, 5) is 25.5. The van der Waals surface area contributed by atoms with E-state index in [0.717, 1.165) is 27.6 Å². The Labute approximate surface area is 223 Å². The minimum Gasteiger partial charge on any atom is -0.480 e. The lowest BCUT2D eigenvalue weighted by molar-refractivity contribution is -0.140. The second-order valence-electron chi connectivity index (χ2n) is 9.66. The summed E-state index contributed by atoms with van der Waals surface area (Å²) in [6.45, 7) is 6.38. The number of carboxylic acid groups (broad SMARTS) is 1. The Morgan fingerprint density at radius 3 is 2.16 bits per heavy atom. The number of piperazine rings is 1. The first-order valence-corrected chi connectivity index (χ1v) is 13.9. The van der Waals surface area contributed by atoms with Crippen molar-refractivity contribution in [2.75, 3.05) is 31.1 Å². The summed E-state index contributed by atoms with van der Waals surface area (Å²) in [6, 6.07) is 18.1. The maximum absolute atomic E-state index is 12.7. The molecule has 0 aliphatic carbocycles. The molecule has 1 fully saturated rings. The Hall–Kier alpha value is -3.71. The van der Waals surface area contributed by atoms with Gasteiger partial charge in [0, 0.05) is 48.6 Å². The summed E-state index contributed by atoms with van der Waals surface area (Å²) in [5, 5.41) is 11.2. The number of carbonyl (C=O) groups excluding carboxylic acids is 1. The minimum absolute atomic E-state index is 0.0195. The molecule has 0 saturated carbocycles. The van der Waals surface area contributed by atoms with Crippen LogP contribution in [0.25, 0.3) is 10.8 Å². The highest BCUT2D eigenvalue weighted by Crippen LogP contribution is 2.22. The largest absolute Gasteiger partial charge is 0.480 e. The van der Waals surface area contributed by atoms with Crippen molar-refractivity contribution in [2.45, 2.75) is 26.8 Å². The number of nitrogens with zero attached hydrogens (tertiary/aromatic N) is 2. The van der Waals surface area contributed by atoms with Crippen LogP contribution in [-0.4, -0.2) is 61.8 Å². The van der Waals surface area contributed by atoms with Gasteiger partial charge < -0.3 is 10.0 Å². The summed E-state index contributed by atoms with van der Waals surface area (Å²) in [5.74, 6) is 4.81. The average molecular weight is 534 g/mol.